The predicted molar refractivity (Wildman–Crippen MR) is 63.5 cm³/mol. The van der Waals surface area contributed by atoms with E-state index in [1.807, 2.05) is 11.0 Å². The zero-order valence-electron chi connectivity index (χ0n) is 9.77. The van der Waals surface area contributed by atoms with Gasteiger partial charge in [-0.15, -0.1) is 0 Å². The van der Waals surface area contributed by atoms with E-state index in [1.165, 1.54) is 12.1 Å². The minimum absolute atomic E-state index is 0.259. The summed E-state index contributed by atoms with van der Waals surface area (Å²) >= 11 is 0. The van der Waals surface area contributed by atoms with Gasteiger partial charge >= 0.3 is 5.97 Å². The van der Waals surface area contributed by atoms with Crippen LogP contribution in [0.1, 0.15) is 12.8 Å². The second-order valence-electron chi connectivity index (χ2n) is 4.47. The van der Waals surface area contributed by atoms with Crippen molar-refractivity contribution in [2.75, 3.05) is 18.0 Å². The Morgan fingerprint density at radius 3 is 2.61 bits per heavy atom. The molecule has 18 heavy (non-hydrogen) atoms. The minimum Gasteiger partial charge on any atom is -0.480 e. The number of hydrogen-bond acceptors (Lipinski definition) is 3. The highest BCUT2D eigenvalue weighted by Crippen LogP contribution is 2.33. The van der Waals surface area contributed by atoms with Gasteiger partial charge in [0.1, 0.15) is 5.82 Å². The number of carboxylic acid groups (broad SMARTS) is 1. The van der Waals surface area contributed by atoms with Crippen molar-refractivity contribution in [3.8, 4) is 6.07 Å². The first kappa shape index (κ1) is 12.4. The summed E-state index contributed by atoms with van der Waals surface area (Å²) in [4.78, 5) is 13.0. The van der Waals surface area contributed by atoms with Gasteiger partial charge in [-0.2, -0.15) is 5.26 Å². The Kier molecular flexibility index (Phi) is 3.19. The van der Waals surface area contributed by atoms with E-state index in [1.54, 1.807) is 12.1 Å². The predicted octanol–water partition coefficient (Wildman–Crippen LogP) is 2.02. The summed E-state index contributed by atoms with van der Waals surface area (Å²) in [6.07, 6.45) is 0.519. The molecule has 4 nitrogen and oxygen atoms in total. The number of piperidine rings is 1. The Balaban J connectivity index is 2.12. The number of hydrogen-bond donors (Lipinski definition) is 1. The molecule has 0 atom stereocenters. The van der Waals surface area contributed by atoms with Crippen molar-refractivity contribution in [1.29, 1.82) is 5.26 Å². The summed E-state index contributed by atoms with van der Waals surface area (Å²) in [7, 11) is 0. The lowest BCUT2D eigenvalue weighted by molar-refractivity contribution is -0.146. The lowest BCUT2D eigenvalue weighted by Gasteiger charge is -2.35. The first-order valence-corrected chi connectivity index (χ1v) is 5.72. The molecule has 1 aliphatic heterocycles. The lowest BCUT2D eigenvalue weighted by Crippen LogP contribution is -2.43. The third-order valence-corrected chi connectivity index (χ3v) is 3.41. The second-order valence-corrected chi connectivity index (χ2v) is 4.47. The Hall–Kier alpha value is -2.09. The van der Waals surface area contributed by atoms with Gasteiger partial charge < -0.3 is 10.0 Å². The van der Waals surface area contributed by atoms with Gasteiger partial charge in [0.2, 0.25) is 0 Å². The van der Waals surface area contributed by atoms with Crippen LogP contribution in [-0.4, -0.2) is 24.2 Å². The molecule has 94 valence electrons. The van der Waals surface area contributed by atoms with Crippen molar-refractivity contribution < 1.29 is 14.3 Å². The van der Waals surface area contributed by atoms with E-state index in [-0.39, 0.29) is 18.7 Å². The monoisotopic (exact) mass is 248 g/mol. The molecule has 0 aromatic heterocycles. The number of carboxylic acids is 1. The molecule has 1 N–H and O–H groups in total. The van der Waals surface area contributed by atoms with Crippen molar-refractivity contribution in [1.82, 2.24) is 0 Å². The van der Waals surface area contributed by atoms with Gasteiger partial charge in [-0.1, -0.05) is 6.07 Å². The largest absolute Gasteiger partial charge is 0.480 e. The van der Waals surface area contributed by atoms with Crippen LogP contribution in [0.5, 0.6) is 0 Å². The van der Waals surface area contributed by atoms with Gasteiger partial charge in [-0.25, -0.2) is 4.39 Å². The van der Waals surface area contributed by atoms with Crippen LogP contribution in [0.4, 0.5) is 10.1 Å². The third-order valence-electron chi connectivity index (χ3n) is 3.41. The summed E-state index contributed by atoms with van der Waals surface area (Å²) < 4.78 is 13.1. The fraction of sp³-hybridized carbons (Fsp3) is 0.385. The maximum absolute atomic E-state index is 13.1. The molecule has 1 fully saturated rings. The molecule has 2 rings (SSSR count). The van der Waals surface area contributed by atoms with Gasteiger partial charge in [0.15, 0.2) is 5.41 Å². The minimum atomic E-state index is -1.29. The highest BCUT2D eigenvalue weighted by Gasteiger charge is 2.42. The number of benzene rings is 1. The fourth-order valence-corrected chi connectivity index (χ4v) is 2.19. The molecule has 1 aromatic carbocycles. The van der Waals surface area contributed by atoms with Crippen LogP contribution in [-0.2, 0) is 4.79 Å². The fourth-order valence-electron chi connectivity index (χ4n) is 2.19. The molecule has 0 unspecified atom stereocenters. The summed E-state index contributed by atoms with van der Waals surface area (Å²) in [5, 5.41) is 18.1. The van der Waals surface area contributed by atoms with Crippen LogP contribution in [0.2, 0.25) is 0 Å². The van der Waals surface area contributed by atoms with Gasteiger partial charge in [0, 0.05) is 18.8 Å². The van der Waals surface area contributed by atoms with Crippen molar-refractivity contribution in [3.05, 3.63) is 30.1 Å². The molecule has 0 saturated carbocycles. The first-order valence-electron chi connectivity index (χ1n) is 5.72. The van der Waals surface area contributed by atoms with E-state index in [0.717, 1.165) is 5.69 Å². The van der Waals surface area contributed by atoms with Crippen LogP contribution in [0, 0.1) is 22.6 Å². The van der Waals surface area contributed by atoms with Crippen LogP contribution in [0.3, 0.4) is 0 Å². The van der Waals surface area contributed by atoms with E-state index in [4.69, 9.17) is 10.4 Å². The summed E-state index contributed by atoms with van der Waals surface area (Å²) in [5.74, 6) is -1.38. The van der Waals surface area contributed by atoms with E-state index in [0.29, 0.717) is 13.1 Å². The molecule has 0 radical (unpaired) electrons. The molecule has 1 aliphatic rings. The highest BCUT2D eigenvalue weighted by atomic mass is 19.1. The molecule has 0 aliphatic carbocycles. The van der Waals surface area contributed by atoms with Crippen molar-refractivity contribution >= 4 is 11.7 Å². The smallest absolute Gasteiger partial charge is 0.324 e. The zero-order chi connectivity index (χ0) is 13.2. The topological polar surface area (TPSA) is 64.3 Å². The zero-order valence-corrected chi connectivity index (χ0v) is 9.77. The Morgan fingerprint density at radius 1 is 1.44 bits per heavy atom. The quantitative estimate of drug-likeness (QED) is 0.869. The third kappa shape index (κ3) is 2.14. The lowest BCUT2D eigenvalue weighted by atomic mass is 9.80. The van der Waals surface area contributed by atoms with E-state index in [2.05, 4.69) is 0 Å². The molecule has 0 spiro atoms. The number of halogens is 1. The number of anilines is 1. The van der Waals surface area contributed by atoms with Gasteiger partial charge in [-0.05, 0) is 31.0 Å². The average molecular weight is 248 g/mol. The van der Waals surface area contributed by atoms with E-state index in [9.17, 15) is 9.18 Å². The molecule has 1 saturated heterocycles. The highest BCUT2D eigenvalue weighted by molar-refractivity contribution is 5.78. The summed E-state index contributed by atoms with van der Waals surface area (Å²) in [6, 6.07) is 8.08. The number of aliphatic carboxylic acids is 1. The maximum Gasteiger partial charge on any atom is 0.324 e. The van der Waals surface area contributed by atoms with Crippen molar-refractivity contribution in [3.63, 3.8) is 0 Å². The number of nitrogens with zero attached hydrogens (tertiary/aromatic N) is 2. The van der Waals surface area contributed by atoms with Gasteiger partial charge in [0.05, 0.1) is 6.07 Å². The second kappa shape index (κ2) is 4.65. The Morgan fingerprint density at radius 2 is 2.11 bits per heavy atom. The molecular formula is C13H13FN2O2. The molecule has 1 aromatic rings. The number of nitriles is 1. The molecule has 5 heteroatoms. The van der Waals surface area contributed by atoms with Gasteiger partial charge in [-0.3, -0.25) is 4.79 Å². The Labute approximate surface area is 104 Å². The molecular weight excluding hydrogens is 235 g/mol. The van der Waals surface area contributed by atoms with E-state index >= 15 is 0 Å². The van der Waals surface area contributed by atoms with Crippen LogP contribution >= 0.6 is 0 Å². The van der Waals surface area contributed by atoms with Crippen molar-refractivity contribution in [2.24, 2.45) is 5.41 Å². The molecule has 0 amide bonds. The van der Waals surface area contributed by atoms with Crippen molar-refractivity contribution in [2.45, 2.75) is 12.8 Å². The standard InChI is InChI=1S/C13H13FN2O2/c14-10-2-1-3-11(8-10)16-6-4-13(9-15,5-7-16)12(17)18/h1-3,8H,4-7H2,(H,17,18). The number of rotatable bonds is 2. The maximum atomic E-state index is 13.1. The van der Waals surface area contributed by atoms with Crippen LogP contribution in [0.25, 0.3) is 0 Å². The average Bonchev–Trinajstić information content (AvgIpc) is 2.38. The Bertz CT molecular complexity index is 502. The SMILES string of the molecule is N#CC1(C(=O)O)CCN(c2cccc(F)c2)CC1. The number of carbonyl (C=O) groups is 1. The van der Waals surface area contributed by atoms with Crippen LogP contribution in [0.15, 0.2) is 24.3 Å². The normalized spacial score (nSPS) is 18.1. The summed E-state index contributed by atoms with van der Waals surface area (Å²) in [5.41, 5.74) is -0.559. The summed E-state index contributed by atoms with van der Waals surface area (Å²) in [6.45, 7) is 0.895. The molecule has 0 bridgehead atoms. The molecule has 1 heterocycles. The first-order chi connectivity index (χ1) is 8.57. The van der Waals surface area contributed by atoms with Crippen LogP contribution < -0.4 is 4.90 Å². The van der Waals surface area contributed by atoms with E-state index < -0.39 is 11.4 Å². The van der Waals surface area contributed by atoms with Gasteiger partial charge in [0.25, 0.3) is 0 Å².